The van der Waals surface area contributed by atoms with Gasteiger partial charge in [0.15, 0.2) is 11.5 Å². The van der Waals surface area contributed by atoms with E-state index in [1.807, 2.05) is 33.2 Å². The molecule has 0 radical (unpaired) electrons. The zero-order valence-electron chi connectivity index (χ0n) is 13.2. The fourth-order valence-electron chi connectivity index (χ4n) is 2.15. The zero-order chi connectivity index (χ0) is 15.9. The van der Waals surface area contributed by atoms with E-state index in [0.29, 0.717) is 24.5 Å². The van der Waals surface area contributed by atoms with Crippen molar-refractivity contribution in [3.63, 3.8) is 0 Å². The summed E-state index contributed by atoms with van der Waals surface area (Å²) < 4.78 is 5.38. The maximum absolute atomic E-state index is 10.2. The second-order valence-corrected chi connectivity index (χ2v) is 6.10. The molecule has 0 saturated carbocycles. The van der Waals surface area contributed by atoms with E-state index in [4.69, 9.17) is 4.74 Å². The first-order valence-electron chi connectivity index (χ1n) is 7.28. The third-order valence-electron chi connectivity index (χ3n) is 3.33. The molecule has 118 valence electrons. The van der Waals surface area contributed by atoms with Crippen molar-refractivity contribution < 1.29 is 9.84 Å². The van der Waals surface area contributed by atoms with E-state index in [9.17, 15) is 5.11 Å². The Hall–Kier alpha value is -1.85. The van der Waals surface area contributed by atoms with Gasteiger partial charge in [-0.05, 0) is 44.6 Å². The maximum atomic E-state index is 10.2. The van der Waals surface area contributed by atoms with Crippen LogP contribution in [0.5, 0.6) is 11.5 Å². The molecule has 1 atom stereocenters. The van der Waals surface area contributed by atoms with E-state index >= 15 is 0 Å². The molecule has 0 aliphatic heterocycles. The third kappa shape index (κ3) is 4.08. The van der Waals surface area contributed by atoms with Crippen LogP contribution in [0.15, 0.2) is 40.7 Å². The predicted octanol–water partition coefficient (Wildman–Crippen LogP) is 3.57. The second kappa shape index (κ2) is 7.96. The van der Waals surface area contributed by atoms with Gasteiger partial charge in [-0.25, -0.2) is 0 Å². The van der Waals surface area contributed by atoms with Gasteiger partial charge in [0.05, 0.1) is 19.2 Å². The minimum Gasteiger partial charge on any atom is -0.504 e. The number of hydrogen-bond acceptors (Lipinski definition) is 5. The van der Waals surface area contributed by atoms with Crippen molar-refractivity contribution in [1.82, 2.24) is 4.90 Å². The predicted molar refractivity (Wildman–Crippen MR) is 92.5 cm³/mol. The topological polar surface area (TPSA) is 45.1 Å². The molecule has 0 fully saturated rings. The van der Waals surface area contributed by atoms with E-state index < -0.39 is 0 Å². The summed E-state index contributed by atoms with van der Waals surface area (Å²) in [6.45, 7) is 3.06. The normalized spacial score (nSPS) is 12.9. The summed E-state index contributed by atoms with van der Waals surface area (Å²) >= 11 is 1.73. The fourth-order valence-corrected chi connectivity index (χ4v) is 3.07. The quantitative estimate of drug-likeness (QED) is 0.794. The number of aliphatic imine (C=N–C) groups is 1. The second-order valence-electron chi connectivity index (χ2n) is 5.12. The lowest BCUT2D eigenvalue weighted by Gasteiger charge is -2.21. The zero-order valence-corrected chi connectivity index (χ0v) is 14.0. The molecule has 2 rings (SSSR count). The molecule has 0 aliphatic carbocycles. The van der Waals surface area contributed by atoms with Crippen LogP contribution in [0, 0.1) is 0 Å². The fraction of sp³-hybridized carbons (Fsp3) is 0.353. The summed E-state index contributed by atoms with van der Waals surface area (Å²) in [6, 6.07) is 9.86. The van der Waals surface area contributed by atoms with Crippen molar-refractivity contribution in [2.75, 3.05) is 27.2 Å². The molecule has 0 unspecified atom stereocenters. The summed E-state index contributed by atoms with van der Waals surface area (Å²) in [6.07, 6.45) is 1.71. The van der Waals surface area contributed by atoms with E-state index in [1.54, 1.807) is 23.6 Å². The number of benzene rings is 1. The highest BCUT2D eigenvalue weighted by Gasteiger charge is 2.14. The number of rotatable bonds is 7. The van der Waals surface area contributed by atoms with Gasteiger partial charge >= 0.3 is 0 Å². The van der Waals surface area contributed by atoms with Crippen LogP contribution in [0.4, 0.5) is 0 Å². The Bertz CT molecular complexity index is 609. The van der Waals surface area contributed by atoms with Gasteiger partial charge in [-0.1, -0.05) is 12.1 Å². The van der Waals surface area contributed by atoms with Gasteiger partial charge in [0.2, 0.25) is 0 Å². The number of thiophene rings is 1. The van der Waals surface area contributed by atoms with Crippen molar-refractivity contribution in [1.29, 1.82) is 0 Å². The molecule has 0 bridgehead atoms. The number of phenolic OH excluding ortho intramolecular Hbond substituents is 1. The number of aromatic hydroxyl groups is 1. The SMILES string of the molecule is CCOc1cccc(C=NC[C@@H](c2cccs2)N(C)C)c1O. The summed E-state index contributed by atoms with van der Waals surface area (Å²) in [5.41, 5.74) is 0.676. The van der Waals surface area contributed by atoms with Crippen LogP contribution in [-0.4, -0.2) is 43.5 Å². The van der Waals surface area contributed by atoms with Gasteiger partial charge in [0.25, 0.3) is 0 Å². The molecule has 1 N–H and O–H groups in total. The number of para-hydroxylation sites is 1. The van der Waals surface area contributed by atoms with Crippen LogP contribution in [0.3, 0.4) is 0 Å². The average molecular weight is 318 g/mol. The van der Waals surface area contributed by atoms with Crippen molar-refractivity contribution in [2.24, 2.45) is 4.99 Å². The Labute approximate surface area is 135 Å². The molecule has 1 aromatic heterocycles. The average Bonchev–Trinajstić information content (AvgIpc) is 3.01. The van der Waals surface area contributed by atoms with Crippen molar-refractivity contribution in [2.45, 2.75) is 13.0 Å². The monoisotopic (exact) mass is 318 g/mol. The molecule has 0 amide bonds. The molecule has 2 aromatic rings. The third-order valence-corrected chi connectivity index (χ3v) is 4.31. The molecule has 0 saturated heterocycles. The highest BCUT2D eigenvalue weighted by Crippen LogP contribution is 2.29. The Balaban J connectivity index is 2.10. The van der Waals surface area contributed by atoms with Crippen LogP contribution in [-0.2, 0) is 0 Å². The highest BCUT2D eigenvalue weighted by atomic mass is 32.1. The van der Waals surface area contributed by atoms with E-state index in [0.717, 1.165) is 0 Å². The van der Waals surface area contributed by atoms with E-state index in [-0.39, 0.29) is 11.8 Å². The first-order valence-corrected chi connectivity index (χ1v) is 8.16. The smallest absolute Gasteiger partial charge is 0.166 e. The minimum absolute atomic E-state index is 0.144. The van der Waals surface area contributed by atoms with Crippen LogP contribution >= 0.6 is 11.3 Å². The van der Waals surface area contributed by atoms with Crippen LogP contribution in [0.2, 0.25) is 0 Å². The Morgan fingerprint density at radius 2 is 2.14 bits per heavy atom. The lowest BCUT2D eigenvalue weighted by molar-refractivity contribution is 0.311. The van der Waals surface area contributed by atoms with Crippen LogP contribution in [0.1, 0.15) is 23.4 Å². The molecule has 22 heavy (non-hydrogen) atoms. The molecular formula is C17H22N2O2S. The molecule has 0 spiro atoms. The van der Waals surface area contributed by atoms with Gasteiger partial charge < -0.3 is 14.7 Å². The van der Waals surface area contributed by atoms with Crippen molar-refractivity contribution >= 4 is 17.6 Å². The van der Waals surface area contributed by atoms with Gasteiger partial charge in [0, 0.05) is 16.7 Å². The van der Waals surface area contributed by atoms with E-state index in [1.165, 1.54) is 4.88 Å². The Kier molecular flexibility index (Phi) is 5.98. The number of nitrogens with zero attached hydrogens (tertiary/aromatic N) is 2. The van der Waals surface area contributed by atoms with E-state index in [2.05, 4.69) is 27.4 Å². The molecule has 5 heteroatoms. The lowest BCUT2D eigenvalue weighted by atomic mass is 10.2. The van der Waals surface area contributed by atoms with Crippen LogP contribution < -0.4 is 4.74 Å². The number of ether oxygens (including phenoxy) is 1. The maximum Gasteiger partial charge on any atom is 0.166 e. The van der Waals surface area contributed by atoms with Gasteiger partial charge in [-0.15, -0.1) is 11.3 Å². The lowest BCUT2D eigenvalue weighted by Crippen LogP contribution is -2.21. The van der Waals surface area contributed by atoms with Gasteiger partial charge in [-0.3, -0.25) is 4.99 Å². The minimum atomic E-state index is 0.144. The molecule has 1 aromatic carbocycles. The highest BCUT2D eigenvalue weighted by molar-refractivity contribution is 7.10. The number of hydrogen-bond donors (Lipinski definition) is 1. The molecule has 4 nitrogen and oxygen atoms in total. The summed E-state index contributed by atoms with van der Waals surface area (Å²) in [4.78, 5) is 7.94. The van der Waals surface area contributed by atoms with Crippen molar-refractivity contribution in [3.05, 3.63) is 46.2 Å². The standard InChI is InChI=1S/C17H22N2O2S/c1-4-21-15-8-5-7-13(17(15)20)11-18-12-14(19(2)3)16-9-6-10-22-16/h5-11,14,20H,4,12H2,1-3H3/t14-/m0/s1. The first-order chi connectivity index (χ1) is 10.6. The van der Waals surface area contributed by atoms with Gasteiger partial charge in [-0.2, -0.15) is 0 Å². The van der Waals surface area contributed by atoms with Crippen molar-refractivity contribution in [3.8, 4) is 11.5 Å². The molecular weight excluding hydrogens is 296 g/mol. The number of phenols is 1. The largest absolute Gasteiger partial charge is 0.504 e. The van der Waals surface area contributed by atoms with Crippen LogP contribution in [0.25, 0.3) is 0 Å². The molecule has 0 aliphatic rings. The summed E-state index contributed by atoms with van der Waals surface area (Å²) in [5.74, 6) is 0.638. The summed E-state index contributed by atoms with van der Waals surface area (Å²) in [5, 5.41) is 12.2. The Morgan fingerprint density at radius 3 is 2.77 bits per heavy atom. The molecule has 1 heterocycles. The summed E-state index contributed by atoms with van der Waals surface area (Å²) in [7, 11) is 4.10. The number of likely N-dealkylation sites (N-methyl/N-ethyl adjacent to an activating group) is 1. The van der Waals surface area contributed by atoms with Gasteiger partial charge in [0.1, 0.15) is 0 Å². The Morgan fingerprint density at radius 1 is 1.32 bits per heavy atom. The first kappa shape index (κ1) is 16.5.